The van der Waals surface area contributed by atoms with Gasteiger partial charge < -0.3 is 28.8 Å². The fourth-order valence-corrected chi connectivity index (χ4v) is 3.74. The van der Waals surface area contributed by atoms with Gasteiger partial charge in [-0.15, -0.1) is 0 Å². The Kier molecular flexibility index (Phi) is 6.11. The molecular formula is C23H22O9. The van der Waals surface area contributed by atoms with Gasteiger partial charge in [-0.05, 0) is 30.7 Å². The van der Waals surface area contributed by atoms with Crippen LogP contribution in [0.4, 0.5) is 0 Å². The number of aromatic hydroxyl groups is 1. The Morgan fingerprint density at radius 2 is 1.44 bits per heavy atom. The Bertz CT molecular complexity index is 1050. The molecule has 0 unspecified atom stereocenters. The van der Waals surface area contributed by atoms with Gasteiger partial charge in [0.15, 0.2) is 12.2 Å². The molecular weight excluding hydrogens is 420 g/mol. The number of phenolic OH excluding ortho intramolecular Hbond substituents is 1. The van der Waals surface area contributed by atoms with Crippen LogP contribution in [-0.2, 0) is 23.7 Å². The second-order valence-corrected chi connectivity index (χ2v) is 7.54. The summed E-state index contributed by atoms with van der Waals surface area (Å²) in [6.07, 6.45) is -2.69. The molecule has 0 saturated carbocycles. The molecule has 9 heteroatoms. The molecule has 0 aromatic heterocycles. The average molecular weight is 442 g/mol. The van der Waals surface area contributed by atoms with Crippen molar-refractivity contribution in [2.24, 2.45) is 0 Å². The summed E-state index contributed by atoms with van der Waals surface area (Å²) in [5.74, 6) is -1.99. The highest BCUT2D eigenvalue weighted by atomic mass is 16.7. The van der Waals surface area contributed by atoms with Gasteiger partial charge in [-0.1, -0.05) is 24.3 Å². The predicted molar refractivity (Wildman–Crippen MR) is 108 cm³/mol. The average Bonchev–Trinajstić information content (AvgIpc) is 3.33. The molecule has 0 radical (unpaired) electrons. The lowest BCUT2D eigenvalue weighted by Gasteiger charge is -2.18. The number of ether oxygens (including phenoxy) is 5. The van der Waals surface area contributed by atoms with Crippen LogP contribution in [0.15, 0.2) is 42.5 Å². The first-order valence-electron chi connectivity index (χ1n) is 10.1. The second-order valence-electron chi connectivity index (χ2n) is 7.54. The first-order valence-corrected chi connectivity index (χ1v) is 10.1. The minimum atomic E-state index is -0.728. The molecule has 2 aromatic rings. The maximum atomic E-state index is 12.7. The van der Waals surface area contributed by atoms with Crippen LogP contribution in [0.3, 0.4) is 0 Å². The molecule has 2 heterocycles. The van der Waals surface area contributed by atoms with Gasteiger partial charge in [0.05, 0.1) is 13.2 Å². The number of carbonyl (C=O) groups is 3. The normalized spacial score (nSPS) is 23.9. The van der Waals surface area contributed by atoms with E-state index >= 15 is 0 Å². The number of phenols is 1. The van der Waals surface area contributed by atoms with Crippen LogP contribution < -0.4 is 4.74 Å². The van der Waals surface area contributed by atoms with E-state index in [0.29, 0.717) is 5.56 Å². The van der Waals surface area contributed by atoms with Crippen molar-refractivity contribution in [3.8, 4) is 11.5 Å². The number of esters is 3. The number of para-hydroxylation sites is 2. The molecule has 2 aliphatic heterocycles. The van der Waals surface area contributed by atoms with E-state index in [1.165, 1.54) is 25.1 Å². The summed E-state index contributed by atoms with van der Waals surface area (Å²) in [5.41, 5.74) is 0.705. The van der Waals surface area contributed by atoms with Gasteiger partial charge >= 0.3 is 17.9 Å². The number of benzene rings is 2. The highest BCUT2D eigenvalue weighted by Gasteiger charge is 2.51. The van der Waals surface area contributed by atoms with Crippen molar-refractivity contribution >= 4 is 17.9 Å². The first kappa shape index (κ1) is 21.8. The molecule has 2 aliphatic rings. The number of fused-ring (bicyclic) bond motifs is 1. The largest absolute Gasteiger partial charge is 0.507 e. The van der Waals surface area contributed by atoms with Crippen molar-refractivity contribution < 1.29 is 43.2 Å². The number of hydrogen-bond donors (Lipinski definition) is 1. The van der Waals surface area contributed by atoms with Crippen molar-refractivity contribution in [2.75, 3.05) is 13.2 Å². The van der Waals surface area contributed by atoms with E-state index in [1.807, 2.05) is 0 Å². The SMILES string of the molecule is CC(=O)Oc1ccccc1C(=O)O[C@H]1CO[C@H]2[C@@H]1OC[C@H]2OC(=O)c1cccc(C)c1O. The van der Waals surface area contributed by atoms with Crippen molar-refractivity contribution in [3.63, 3.8) is 0 Å². The zero-order valence-corrected chi connectivity index (χ0v) is 17.5. The van der Waals surface area contributed by atoms with Crippen LogP contribution in [-0.4, -0.2) is 60.6 Å². The van der Waals surface area contributed by atoms with E-state index in [1.54, 1.807) is 31.2 Å². The lowest BCUT2D eigenvalue weighted by Crippen LogP contribution is -2.36. The standard InChI is InChI=1S/C23H22O9/c1-12-6-5-8-15(19(12)25)23(27)32-18-11-29-20-17(10-28-21(18)20)31-22(26)14-7-3-4-9-16(14)30-13(2)24/h3-9,17-18,20-21,25H,10-11H2,1-2H3/t17-,18+,20+,21+/m0/s1. The van der Waals surface area contributed by atoms with E-state index in [2.05, 4.69) is 0 Å². The molecule has 4 atom stereocenters. The van der Waals surface area contributed by atoms with Gasteiger partial charge in [0.1, 0.15) is 34.8 Å². The zero-order chi connectivity index (χ0) is 22.8. The number of hydrogen-bond acceptors (Lipinski definition) is 9. The van der Waals surface area contributed by atoms with Crippen molar-refractivity contribution in [1.82, 2.24) is 0 Å². The molecule has 4 rings (SSSR count). The summed E-state index contributed by atoms with van der Waals surface area (Å²) >= 11 is 0. The molecule has 32 heavy (non-hydrogen) atoms. The minimum absolute atomic E-state index is 0.0523. The fraction of sp³-hybridized carbons (Fsp3) is 0.348. The third kappa shape index (κ3) is 4.30. The van der Waals surface area contributed by atoms with E-state index in [0.717, 1.165) is 0 Å². The Morgan fingerprint density at radius 1 is 0.875 bits per heavy atom. The lowest BCUT2D eigenvalue weighted by molar-refractivity contribution is -0.131. The summed E-state index contributed by atoms with van der Waals surface area (Å²) < 4.78 is 27.5. The van der Waals surface area contributed by atoms with Crippen molar-refractivity contribution in [3.05, 3.63) is 59.2 Å². The Labute approximate surface area is 183 Å². The van der Waals surface area contributed by atoms with Gasteiger partial charge in [-0.3, -0.25) is 4.79 Å². The van der Waals surface area contributed by atoms with E-state index in [9.17, 15) is 19.5 Å². The fourth-order valence-electron chi connectivity index (χ4n) is 3.74. The Morgan fingerprint density at radius 3 is 2.06 bits per heavy atom. The van der Waals surface area contributed by atoms with Crippen LogP contribution >= 0.6 is 0 Å². The quantitative estimate of drug-likeness (QED) is 0.549. The van der Waals surface area contributed by atoms with Crippen LogP contribution in [0.2, 0.25) is 0 Å². The molecule has 0 aliphatic carbocycles. The summed E-state index contributed by atoms with van der Waals surface area (Å²) in [4.78, 5) is 36.5. The van der Waals surface area contributed by atoms with Crippen LogP contribution in [0.25, 0.3) is 0 Å². The second kappa shape index (κ2) is 8.97. The third-order valence-electron chi connectivity index (χ3n) is 5.30. The maximum Gasteiger partial charge on any atom is 0.342 e. The van der Waals surface area contributed by atoms with Crippen LogP contribution in [0.1, 0.15) is 33.2 Å². The molecule has 168 valence electrons. The van der Waals surface area contributed by atoms with E-state index in [-0.39, 0.29) is 35.8 Å². The Hall–Kier alpha value is -3.43. The predicted octanol–water partition coefficient (Wildman–Crippen LogP) is 2.17. The van der Waals surface area contributed by atoms with Gasteiger partial charge in [-0.2, -0.15) is 0 Å². The molecule has 0 bridgehead atoms. The molecule has 0 amide bonds. The number of rotatable bonds is 5. The zero-order valence-electron chi connectivity index (χ0n) is 17.5. The molecule has 1 N–H and O–H groups in total. The van der Waals surface area contributed by atoms with Gasteiger partial charge in [0.25, 0.3) is 0 Å². The third-order valence-corrected chi connectivity index (χ3v) is 5.30. The summed E-state index contributed by atoms with van der Waals surface area (Å²) in [6, 6.07) is 11.0. The minimum Gasteiger partial charge on any atom is -0.507 e. The molecule has 0 spiro atoms. The van der Waals surface area contributed by atoms with Crippen molar-refractivity contribution in [1.29, 1.82) is 0 Å². The molecule has 2 aromatic carbocycles. The van der Waals surface area contributed by atoms with E-state index < -0.39 is 42.3 Å². The van der Waals surface area contributed by atoms with Crippen LogP contribution in [0, 0.1) is 6.92 Å². The van der Waals surface area contributed by atoms with E-state index in [4.69, 9.17) is 23.7 Å². The molecule has 9 nitrogen and oxygen atoms in total. The maximum absolute atomic E-state index is 12.7. The summed E-state index contributed by atoms with van der Waals surface area (Å²) in [5, 5.41) is 10.1. The van der Waals surface area contributed by atoms with Gasteiger partial charge in [-0.25, -0.2) is 9.59 Å². The smallest absolute Gasteiger partial charge is 0.342 e. The molecule has 2 fully saturated rings. The molecule has 2 saturated heterocycles. The highest BCUT2D eigenvalue weighted by molar-refractivity contribution is 5.94. The summed E-state index contributed by atoms with van der Waals surface area (Å²) in [6.45, 7) is 3.04. The van der Waals surface area contributed by atoms with Crippen LogP contribution in [0.5, 0.6) is 11.5 Å². The highest BCUT2D eigenvalue weighted by Crippen LogP contribution is 2.33. The number of aryl methyl sites for hydroxylation is 1. The Balaban J connectivity index is 1.40. The van der Waals surface area contributed by atoms with Crippen molar-refractivity contribution in [2.45, 2.75) is 38.3 Å². The number of carbonyl (C=O) groups excluding carboxylic acids is 3. The first-order chi connectivity index (χ1) is 15.3. The van der Waals surface area contributed by atoms with Gasteiger partial charge in [0, 0.05) is 6.92 Å². The summed E-state index contributed by atoms with van der Waals surface area (Å²) in [7, 11) is 0. The lowest BCUT2D eigenvalue weighted by atomic mass is 10.1. The van der Waals surface area contributed by atoms with Gasteiger partial charge in [0.2, 0.25) is 0 Å². The monoisotopic (exact) mass is 442 g/mol. The topological polar surface area (TPSA) is 118 Å².